The first-order valence-electron chi connectivity index (χ1n) is 6.04. The average Bonchev–Trinajstić information content (AvgIpc) is 3.03. The number of para-hydroxylation sites is 1. The van der Waals surface area contributed by atoms with Crippen molar-refractivity contribution < 1.29 is 4.42 Å². The summed E-state index contributed by atoms with van der Waals surface area (Å²) in [5, 5.41) is 4.17. The summed E-state index contributed by atoms with van der Waals surface area (Å²) in [7, 11) is 1.80. The van der Waals surface area contributed by atoms with Gasteiger partial charge in [0, 0.05) is 24.1 Å². The van der Waals surface area contributed by atoms with Gasteiger partial charge in [-0.15, -0.1) is 0 Å². The van der Waals surface area contributed by atoms with Crippen molar-refractivity contribution in [2.24, 2.45) is 0 Å². The summed E-state index contributed by atoms with van der Waals surface area (Å²) in [6.45, 7) is 0. The lowest BCUT2D eigenvalue weighted by Gasteiger charge is -1.96. The summed E-state index contributed by atoms with van der Waals surface area (Å²) in [5.41, 5.74) is 3.48. The van der Waals surface area contributed by atoms with Crippen LogP contribution in [0.5, 0.6) is 0 Å². The number of oxazole rings is 1. The predicted molar refractivity (Wildman–Crippen MR) is 71.8 cm³/mol. The topological polar surface area (TPSA) is 53.9 Å². The zero-order valence-electron chi connectivity index (χ0n) is 10.2. The third kappa shape index (κ3) is 1.97. The lowest BCUT2D eigenvalue weighted by molar-refractivity contribution is 0.573. The van der Waals surface area contributed by atoms with E-state index in [1.807, 2.05) is 6.07 Å². The van der Waals surface area contributed by atoms with E-state index in [-0.39, 0.29) is 0 Å². The van der Waals surface area contributed by atoms with Gasteiger partial charge in [-0.1, -0.05) is 18.2 Å². The van der Waals surface area contributed by atoms with Gasteiger partial charge in [0.15, 0.2) is 0 Å². The Hall–Kier alpha value is -2.23. The molecular weight excluding hydrogens is 226 g/mol. The van der Waals surface area contributed by atoms with Crippen molar-refractivity contribution in [3.63, 3.8) is 0 Å². The first-order chi connectivity index (χ1) is 8.86. The Labute approximate surface area is 105 Å². The third-order valence-corrected chi connectivity index (χ3v) is 3.09. The number of hydrogen-bond donors (Lipinski definition) is 2. The molecule has 0 aliphatic carbocycles. The van der Waals surface area contributed by atoms with E-state index < -0.39 is 0 Å². The summed E-state index contributed by atoms with van der Waals surface area (Å²) in [5.74, 6) is 0. The molecule has 0 spiro atoms. The maximum absolute atomic E-state index is 5.24. The summed E-state index contributed by atoms with van der Waals surface area (Å²) >= 11 is 0. The molecule has 0 atom stereocenters. The highest BCUT2D eigenvalue weighted by Gasteiger charge is 2.06. The zero-order valence-corrected chi connectivity index (χ0v) is 10.2. The van der Waals surface area contributed by atoms with Crippen LogP contribution in [0.25, 0.3) is 10.9 Å². The summed E-state index contributed by atoms with van der Waals surface area (Å²) in [6, 6.07) is 8.91. The Morgan fingerprint density at radius 2 is 2.17 bits per heavy atom. The molecule has 92 valence electrons. The van der Waals surface area contributed by atoms with E-state index in [0.29, 0.717) is 6.01 Å². The fourth-order valence-corrected chi connectivity index (χ4v) is 2.14. The number of aromatic amines is 1. The number of nitrogens with zero attached hydrogens (tertiary/aromatic N) is 1. The molecule has 0 aliphatic heterocycles. The molecule has 0 aliphatic rings. The molecule has 2 N–H and O–H groups in total. The van der Waals surface area contributed by atoms with Crippen molar-refractivity contribution in [3.8, 4) is 0 Å². The Balaban J connectivity index is 1.76. The minimum Gasteiger partial charge on any atom is -0.432 e. The maximum Gasteiger partial charge on any atom is 0.294 e. The van der Waals surface area contributed by atoms with E-state index in [1.165, 1.54) is 16.5 Å². The molecule has 4 nitrogen and oxygen atoms in total. The fraction of sp³-hybridized carbons (Fsp3) is 0.214. The number of nitrogens with one attached hydrogen (secondary N) is 2. The molecule has 4 heteroatoms. The zero-order chi connectivity index (χ0) is 12.4. The molecule has 3 aromatic rings. The number of benzene rings is 1. The third-order valence-electron chi connectivity index (χ3n) is 3.09. The number of rotatable bonds is 4. The van der Waals surface area contributed by atoms with Crippen LogP contribution in [0.1, 0.15) is 11.3 Å². The van der Waals surface area contributed by atoms with Crippen LogP contribution in [0.3, 0.4) is 0 Å². The van der Waals surface area contributed by atoms with E-state index >= 15 is 0 Å². The number of H-pyrrole nitrogens is 1. The van der Waals surface area contributed by atoms with Gasteiger partial charge in [-0.05, 0) is 24.5 Å². The van der Waals surface area contributed by atoms with Crippen LogP contribution in [-0.4, -0.2) is 17.0 Å². The number of hydrogen-bond acceptors (Lipinski definition) is 3. The molecule has 0 saturated carbocycles. The van der Waals surface area contributed by atoms with Crippen LogP contribution in [0.15, 0.2) is 41.1 Å². The normalized spacial score (nSPS) is 10.9. The lowest BCUT2D eigenvalue weighted by Crippen LogP contribution is -1.92. The smallest absolute Gasteiger partial charge is 0.294 e. The maximum atomic E-state index is 5.24. The molecule has 0 unspecified atom stereocenters. The largest absolute Gasteiger partial charge is 0.432 e. The van der Waals surface area contributed by atoms with Gasteiger partial charge in [0.25, 0.3) is 6.01 Å². The first kappa shape index (κ1) is 10.9. The van der Waals surface area contributed by atoms with Crippen LogP contribution in [0.4, 0.5) is 6.01 Å². The highest BCUT2D eigenvalue weighted by Crippen LogP contribution is 2.19. The van der Waals surface area contributed by atoms with Gasteiger partial charge in [0.2, 0.25) is 0 Å². The molecule has 3 rings (SSSR count). The molecule has 0 fully saturated rings. The number of aromatic nitrogens is 2. The van der Waals surface area contributed by atoms with E-state index in [2.05, 4.69) is 39.7 Å². The minimum absolute atomic E-state index is 0.573. The first-order valence-corrected chi connectivity index (χ1v) is 6.04. The number of aryl methyl sites for hydroxylation is 2. The van der Waals surface area contributed by atoms with Crippen molar-refractivity contribution in [3.05, 3.63) is 48.0 Å². The number of fused-ring (bicyclic) bond motifs is 1. The van der Waals surface area contributed by atoms with Crippen LogP contribution < -0.4 is 5.32 Å². The van der Waals surface area contributed by atoms with Gasteiger partial charge >= 0.3 is 0 Å². The molecular formula is C14H15N3O. The van der Waals surface area contributed by atoms with Gasteiger partial charge in [-0.2, -0.15) is 4.98 Å². The molecule has 0 bridgehead atoms. The second-order valence-corrected chi connectivity index (χ2v) is 4.25. The van der Waals surface area contributed by atoms with Crippen LogP contribution in [-0.2, 0) is 12.8 Å². The Morgan fingerprint density at radius 3 is 3.00 bits per heavy atom. The Kier molecular flexibility index (Phi) is 2.76. The van der Waals surface area contributed by atoms with Crippen molar-refractivity contribution in [2.45, 2.75) is 12.8 Å². The van der Waals surface area contributed by atoms with Gasteiger partial charge in [-0.3, -0.25) is 0 Å². The second-order valence-electron chi connectivity index (χ2n) is 4.25. The highest BCUT2D eigenvalue weighted by atomic mass is 16.4. The van der Waals surface area contributed by atoms with Crippen LogP contribution >= 0.6 is 0 Å². The molecule has 0 amide bonds. The summed E-state index contributed by atoms with van der Waals surface area (Å²) < 4.78 is 5.24. The van der Waals surface area contributed by atoms with E-state index in [0.717, 1.165) is 18.5 Å². The fourth-order valence-electron chi connectivity index (χ4n) is 2.14. The van der Waals surface area contributed by atoms with Crippen molar-refractivity contribution in [1.29, 1.82) is 0 Å². The minimum atomic E-state index is 0.573. The van der Waals surface area contributed by atoms with Crippen molar-refractivity contribution >= 4 is 16.9 Å². The van der Waals surface area contributed by atoms with Crippen molar-refractivity contribution in [2.75, 3.05) is 12.4 Å². The van der Waals surface area contributed by atoms with Gasteiger partial charge in [-0.25, -0.2) is 0 Å². The van der Waals surface area contributed by atoms with Gasteiger partial charge in [0.1, 0.15) is 6.26 Å². The molecule has 1 aromatic carbocycles. The lowest BCUT2D eigenvalue weighted by atomic mass is 10.1. The quantitative estimate of drug-likeness (QED) is 0.738. The Bertz CT molecular complexity index is 654. The van der Waals surface area contributed by atoms with Gasteiger partial charge in [0.05, 0.1) is 5.69 Å². The van der Waals surface area contributed by atoms with Crippen molar-refractivity contribution in [1.82, 2.24) is 9.97 Å². The SMILES string of the molecule is CNc1nc(CCc2c[nH]c3ccccc23)co1. The number of anilines is 1. The summed E-state index contributed by atoms with van der Waals surface area (Å²) in [6.07, 6.45) is 5.62. The standard InChI is InChI=1S/C14H15N3O/c1-15-14-17-11(9-18-14)7-6-10-8-16-13-5-3-2-4-12(10)13/h2-5,8-9,16H,6-7H2,1H3,(H,15,17). The molecule has 2 heterocycles. The van der Waals surface area contributed by atoms with Crippen LogP contribution in [0.2, 0.25) is 0 Å². The monoisotopic (exact) mass is 241 g/mol. The average molecular weight is 241 g/mol. The van der Waals surface area contributed by atoms with Gasteiger partial charge < -0.3 is 14.7 Å². The molecule has 0 radical (unpaired) electrons. The molecule has 2 aromatic heterocycles. The summed E-state index contributed by atoms with van der Waals surface area (Å²) in [4.78, 5) is 7.60. The van der Waals surface area contributed by atoms with E-state index in [4.69, 9.17) is 4.42 Å². The predicted octanol–water partition coefficient (Wildman–Crippen LogP) is 2.98. The highest BCUT2D eigenvalue weighted by molar-refractivity contribution is 5.83. The molecule has 18 heavy (non-hydrogen) atoms. The molecule has 0 saturated heterocycles. The van der Waals surface area contributed by atoms with Crippen LogP contribution in [0, 0.1) is 0 Å². The Morgan fingerprint density at radius 1 is 1.28 bits per heavy atom. The van der Waals surface area contributed by atoms with E-state index in [9.17, 15) is 0 Å². The van der Waals surface area contributed by atoms with E-state index in [1.54, 1.807) is 13.3 Å². The second kappa shape index (κ2) is 4.56.